The first-order valence-corrected chi connectivity index (χ1v) is 11.8. The Hall–Kier alpha value is -3.08. The number of nitrogens with one attached hydrogen (secondary N) is 1. The second kappa shape index (κ2) is 10.0. The minimum absolute atomic E-state index is 0.165. The SMILES string of the molecule is C=CCN1CCC(n2cnc3cnc(Nc4ccc(N5CCN(CCO)CC5)cc4F)nc32)C1. The predicted octanol–water partition coefficient (Wildman–Crippen LogP) is 2.26. The van der Waals surface area contributed by atoms with Crippen molar-refractivity contribution in [2.24, 2.45) is 0 Å². The minimum atomic E-state index is -0.344. The van der Waals surface area contributed by atoms with Crippen LogP contribution in [-0.2, 0) is 0 Å². The highest BCUT2D eigenvalue weighted by molar-refractivity contribution is 5.72. The van der Waals surface area contributed by atoms with Crippen molar-refractivity contribution < 1.29 is 9.50 Å². The molecule has 0 radical (unpaired) electrons. The van der Waals surface area contributed by atoms with Gasteiger partial charge < -0.3 is 19.9 Å². The topological polar surface area (TPSA) is 85.6 Å². The molecule has 5 rings (SSSR count). The summed E-state index contributed by atoms with van der Waals surface area (Å²) in [6.07, 6.45) is 6.45. The van der Waals surface area contributed by atoms with Gasteiger partial charge in [-0.05, 0) is 24.6 Å². The van der Waals surface area contributed by atoms with Crippen LogP contribution >= 0.6 is 0 Å². The number of β-amino-alcohol motifs (C(OH)–C–C–N with tert-alkyl or cyclic N) is 1. The fourth-order valence-corrected chi connectivity index (χ4v) is 4.84. The molecule has 0 saturated carbocycles. The van der Waals surface area contributed by atoms with Crippen LogP contribution in [0.2, 0.25) is 0 Å². The lowest BCUT2D eigenvalue weighted by Crippen LogP contribution is -2.47. The first-order chi connectivity index (χ1) is 16.6. The zero-order chi connectivity index (χ0) is 23.5. The van der Waals surface area contributed by atoms with E-state index in [9.17, 15) is 4.39 Å². The fourth-order valence-electron chi connectivity index (χ4n) is 4.84. The van der Waals surface area contributed by atoms with Crippen LogP contribution in [-0.4, -0.2) is 93.4 Å². The molecule has 2 aliphatic heterocycles. The number of hydrogen-bond acceptors (Lipinski definition) is 8. The van der Waals surface area contributed by atoms with Gasteiger partial charge in [0.25, 0.3) is 0 Å². The first-order valence-electron chi connectivity index (χ1n) is 11.8. The molecule has 2 fully saturated rings. The number of aliphatic hydroxyl groups is 1. The molecule has 0 aliphatic carbocycles. The van der Waals surface area contributed by atoms with Crippen molar-refractivity contribution in [1.82, 2.24) is 29.3 Å². The van der Waals surface area contributed by atoms with Gasteiger partial charge in [0.1, 0.15) is 11.3 Å². The number of piperazine rings is 1. The van der Waals surface area contributed by atoms with Crippen molar-refractivity contribution in [3.63, 3.8) is 0 Å². The Kier molecular flexibility index (Phi) is 6.70. The molecule has 2 aromatic heterocycles. The number of imidazole rings is 1. The summed E-state index contributed by atoms with van der Waals surface area (Å²) in [7, 11) is 0. The Morgan fingerprint density at radius 3 is 2.76 bits per heavy atom. The van der Waals surface area contributed by atoms with Crippen LogP contribution in [0.1, 0.15) is 12.5 Å². The summed E-state index contributed by atoms with van der Waals surface area (Å²) in [6, 6.07) is 5.50. The molecular formula is C24H31FN8O. The van der Waals surface area contributed by atoms with Crippen LogP contribution in [0.5, 0.6) is 0 Å². The predicted molar refractivity (Wildman–Crippen MR) is 131 cm³/mol. The van der Waals surface area contributed by atoms with Crippen LogP contribution in [0.25, 0.3) is 11.2 Å². The van der Waals surface area contributed by atoms with Gasteiger partial charge in [0, 0.05) is 58.0 Å². The molecule has 4 heterocycles. The number of hydrogen-bond donors (Lipinski definition) is 2. The van der Waals surface area contributed by atoms with Crippen LogP contribution in [0.4, 0.5) is 21.7 Å². The highest BCUT2D eigenvalue weighted by Crippen LogP contribution is 2.27. The number of fused-ring (bicyclic) bond motifs is 1. The van der Waals surface area contributed by atoms with Gasteiger partial charge in [-0.1, -0.05) is 6.08 Å². The second-order valence-electron chi connectivity index (χ2n) is 8.89. The average Bonchev–Trinajstić information content (AvgIpc) is 3.48. The highest BCUT2D eigenvalue weighted by atomic mass is 19.1. The van der Waals surface area contributed by atoms with E-state index >= 15 is 0 Å². The number of benzene rings is 1. The summed E-state index contributed by atoms with van der Waals surface area (Å²) < 4.78 is 17.1. The zero-order valence-corrected chi connectivity index (χ0v) is 19.3. The van der Waals surface area contributed by atoms with Gasteiger partial charge in [-0.15, -0.1) is 6.58 Å². The van der Waals surface area contributed by atoms with E-state index in [2.05, 4.69) is 46.1 Å². The van der Waals surface area contributed by atoms with Gasteiger partial charge in [-0.2, -0.15) is 4.98 Å². The Morgan fingerprint density at radius 2 is 2.00 bits per heavy atom. The summed E-state index contributed by atoms with van der Waals surface area (Å²) in [6.45, 7) is 10.8. The molecule has 9 nitrogen and oxygen atoms in total. The van der Waals surface area contributed by atoms with Crippen molar-refractivity contribution in [2.75, 3.05) is 69.2 Å². The summed E-state index contributed by atoms with van der Waals surface area (Å²) >= 11 is 0. The summed E-state index contributed by atoms with van der Waals surface area (Å²) in [5.41, 5.74) is 2.67. The number of nitrogens with zero attached hydrogens (tertiary/aromatic N) is 7. The lowest BCUT2D eigenvalue weighted by molar-refractivity contribution is 0.189. The number of likely N-dealkylation sites (tertiary alicyclic amines) is 1. The quantitative estimate of drug-likeness (QED) is 0.489. The molecule has 1 aromatic carbocycles. The largest absolute Gasteiger partial charge is 0.395 e. The maximum Gasteiger partial charge on any atom is 0.229 e. The van der Waals surface area contributed by atoms with Gasteiger partial charge in [-0.25, -0.2) is 14.4 Å². The standard InChI is InChI=1S/C24H31FN8O/c1-2-6-31-7-5-19(16-31)33-17-27-22-15-26-24(29-23(22)33)28-21-4-3-18(14-20(21)25)32-10-8-30(9-11-32)12-13-34/h2-4,14-15,17,19,34H,1,5-13,16H2,(H,26,28,29). The Bertz CT molecular complexity index is 1140. The van der Waals surface area contributed by atoms with Crippen LogP contribution < -0.4 is 10.2 Å². The molecule has 10 heteroatoms. The third kappa shape index (κ3) is 4.75. The molecule has 1 atom stereocenters. The lowest BCUT2D eigenvalue weighted by Gasteiger charge is -2.35. The maximum absolute atomic E-state index is 15.0. The Labute approximate surface area is 198 Å². The number of aliphatic hydroxyl groups excluding tert-OH is 1. The van der Waals surface area contributed by atoms with E-state index in [1.807, 2.05) is 18.5 Å². The van der Waals surface area contributed by atoms with E-state index in [4.69, 9.17) is 5.11 Å². The van der Waals surface area contributed by atoms with Crippen molar-refractivity contribution >= 4 is 28.5 Å². The van der Waals surface area contributed by atoms with E-state index in [1.165, 1.54) is 0 Å². The van der Waals surface area contributed by atoms with Gasteiger partial charge in [0.05, 0.1) is 30.9 Å². The van der Waals surface area contributed by atoms with Gasteiger partial charge >= 0.3 is 0 Å². The summed E-state index contributed by atoms with van der Waals surface area (Å²) in [4.78, 5) is 20.2. The number of aromatic nitrogens is 4. The molecular weight excluding hydrogens is 435 g/mol. The monoisotopic (exact) mass is 466 g/mol. The van der Waals surface area contributed by atoms with E-state index in [0.717, 1.165) is 69.1 Å². The van der Waals surface area contributed by atoms with Crippen molar-refractivity contribution in [1.29, 1.82) is 0 Å². The van der Waals surface area contributed by atoms with Gasteiger partial charge in [0.2, 0.25) is 5.95 Å². The molecule has 0 amide bonds. The highest BCUT2D eigenvalue weighted by Gasteiger charge is 2.25. The zero-order valence-electron chi connectivity index (χ0n) is 19.3. The fraction of sp³-hybridized carbons (Fsp3) is 0.458. The van der Waals surface area contributed by atoms with Gasteiger partial charge in [-0.3, -0.25) is 9.80 Å². The molecule has 0 spiro atoms. The van der Waals surface area contributed by atoms with Gasteiger partial charge in [0.15, 0.2) is 5.65 Å². The molecule has 1 unspecified atom stereocenters. The Balaban J connectivity index is 1.29. The molecule has 180 valence electrons. The molecule has 2 N–H and O–H groups in total. The Morgan fingerprint density at radius 1 is 1.15 bits per heavy atom. The molecule has 34 heavy (non-hydrogen) atoms. The normalized spacial score (nSPS) is 19.7. The van der Waals surface area contributed by atoms with Crippen LogP contribution in [0.3, 0.4) is 0 Å². The van der Waals surface area contributed by atoms with E-state index < -0.39 is 0 Å². The molecule has 2 saturated heterocycles. The van der Waals surface area contributed by atoms with Crippen molar-refractivity contribution in [2.45, 2.75) is 12.5 Å². The maximum atomic E-state index is 15.0. The number of anilines is 3. The number of rotatable bonds is 8. The molecule has 0 bridgehead atoms. The third-order valence-corrected chi connectivity index (χ3v) is 6.70. The summed E-state index contributed by atoms with van der Waals surface area (Å²) in [5.74, 6) is 0.00261. The van der Waals surface area contributed by atoms with E-state index in [0.29, 0.717) is 24.2 Å². The number of halogens is 1. The summed E-state index contributed by atoms with van der Waals surface area (Å²) in [5, 5.41) is 12.1. The van der Waals surface area contributed by atoms with E-state index in [-0.39, 0.29) is 12.4 Å². The minimum Gasteiger partial charge on any atom is -0.395 e. The lowest BCUT2D eigenvalue weighted by atomic mass is 10.2. The molecule has 2 aliphatic rings. The van der Waals surface area contributed by atoms with Crippen molar-refractivity contribution in [3.05, 3.63) is 49.2 Å². The van der Waals surface area contributed by atoms with Crippen LogP contribution in [0.15, 0.2) is 43.4 Å². The van der Waals surface area contributed by atoms with E-state index in [1.54, 1.807) is 18.3 Å². The first kappa shape index (κ1) is 22.7. The van der Waals surface area contributed by atoms with Crippen molar-refractivity contribution in [3.8, 4) is 0 Å². The molecule has 3 aromatic rings. The smallest absolute Gasteiger partial charge is 0.229 e. The third-order valence-electron chi connectivity index (χ3n) is 6.70. The average molecular weight is 467 g/mol. The van der Waals surface area contributed by atoms with Crippen LogP contribution in [0, 0.1) is 5.82 Å². The second-order valence-corrected chi connectivity index (χ2v) is 8.89.